The minimum Gasteiger partial charge on any atom is -0.343 e. The zero-order valence-electron chi connectivity index (χ0n) is 13.3. The molecular formula is C16H22N4OS. The van der Waals surface area contributed by atoms with Gasteiger partial charge in [-0.3, -0.25) is 4.79 Å². The van der Waals surface area contributed by atoms with Crippen LogP contribution in [-0.4, -0.2) is 44.4 Å². The maximum absolute atomic E-state index is 12.0. The van der Waals surface area contributed by atoms with Crippen LogP contribution in [0.1, 0.15) is 20.3 Å². The van der Waals surface area contributed by atoms with Crippen molar-refractivity contribution in [3.05, 3.63) is 30.3 Å². The van der Waals surface area contributed by atoms with Gasteiger partial charge in [-0.1, -0.05) is 42.1 Å². The maximum Gasteiger partial charge on any atom is 0.223 e. The summed E-state index contributed by atoms with van der Waals surface area (Å²) in [5.74, 6) is 1.76. The number of aromatic nitrogens is 3. The van der Waals surface area contributed by atoms with E-state index < -0.39 is 0 Å². The van der Waals surface area contributed by atoms with E-state index in [9.17, 15) is 4.79 Å². The molecule has 0 N–H and O–H groups in total. The largest absolute Gasteiger partial charge is 0.343 e. The van der Waals surface area contributed by atoms with Gasteiger partial charge in [0.1, 0.15) is 0 Å². The molecule has 22 heavy (non-hydrogen) atoms. The fourth-order valence-electron chi connectivity index (χ4n) is 2.24. The number of carbonyl (C=O) groups is 1. The average molecular weight is 318 g/mol. The summed E-state index contributed by atoms with van der Waals surface area (Å²) in [6.45, 7) is 5.54. The van der Waals surface area contributed by atoms with Crippen molar-refractivity contribution in [1.29, 1.82) is 0 Å². The Labute approximate surface area is 135 Å². The van der Waals surface area contributed by atoms with Crippen molar-refractivity contribution in [2.24, 2.45) is 7.05 Å². The molecule has 0 saturated heterocycles. The van der Waals surface area contributed by atoms with Crippen LogP contribution in [0.5, 0.6) is 0 Å². The Morgan fingerprint density at radius 2 is 1.86 bits per heavy atom. The summed E-state index contributed by atoms with van der Waals surface area (Å²) in [5.41, 5.74) is 1.04. The van der Waals surface area contributed by atoms with Gasteiger partial charge in [0.25, 0.3) is 0 Å². The Balaban J connectivity index is 1.95. The SMILES string of the molecule is CCN(CC)C(=O)CCSc1nnc(-c2ccccc2)n1C. The molecule has 0 atom stereocenters. The summed E-state index contributed by atoms with van der Waals surface area (Å²) in [7, 11) is 1.96. The topological polar surface area (TPSA) is 51.0 Å². The van der Waals surface area contributed by atoms with Crippen molar-refractivity contribution < 1.29 is 4.79 Å². The lowest BCUT2D eigenvalue weighted by Crippen LogP contribution is -2.30. The molecule has 2 rings (SSSR count). The Bertz CT molecular complexity index is 608. The van der Waals surface area contributed by atoms with E-state index in [0.717, 1.165) is 35.4 Å². The van der Waals surface area contributed by atoms with Gasteiger partial charge in [-0.25, -0.2) is 0 Å². The highest BCUT2D eigenvalue weighted by Crippen LogP contribution is 2.22. The van der Waals surface area contributed by atoms with E-state index in [2.05, 4.69) is 10.2 Å². The molecule has 1 heterocycles. The first-order valence-corrected chi connectivity index (χ1v) is 8.51. The van der Waals surface area contributed by atoms with Gasteiger partial charge in [-0.05, 0) is 13.8 Å². The summed E-state index contributed by atoms with van der Waals surface area (Å²) < 4.78 is 1.97. The standard InChI is InChI=1S/C16H22N4OS/c1-4-20(5-2)14(21)11-12-22-16-18-17-15(19(16)3)13-9-7-6-8-10-13/h6-10H,4-5,11-12H2,1-3H3. The fraction of sp³-hybridized carbons (Fsp3) is 0.438. The van der Waals surface area contributed by atoms with Gasteiger partial charge in [0.05, 0.1) is 0 Å². The number of carbonyl (C=O) groups excluding carboxylic acids is 1. The van der Waals surface area contributed by atoms with Gasteiger partial charge in [0.2, 0.25) is 5.91 Å². The predicted molar refractivity (Wildman–Crippen MR) is 89.7 cm³/mol. The van der Waals surface area contributed by atoms with Crippen LogP contribution in [0.4, 0.5) is 0 Å². The van der Waals surface area contributed by atoms with E-state index >= 15 is 0 Å². The molecule has 5 nitrogen and oxygen atoms in total. The Kier molecular flexibility index (Phi) is 6.00. The Morgan fingerprint density at radius 1 is 1.18 bits per heavy atom. The highest BCUT2D eigenvalue weighted by atomic mass is 32.2. The molecule has 0 fully saturated rings. The molecule has 1 aromatic heterocycles. The van der Waals surface area contributed by atoms with Gasteiger partial charge in [0, 0.05) is 37.9 Å². The average Bonchev–Trinajstić information content (AvgIpc) is 2.90. The van der Waals surface area contributed by atoms with E-state index in [1.54, 1.807) is 11.8 Å². The van der Waals surface area contributed by atoms with Gasteiger partial charge < -0.3 is 9.47 Å². The number of amides is 1. The third-order valence-electron chi connectivity index (χ3n) is 3.53. The highest BCUT2D eigenvalue weighted by molar-refractivity contribution is 7.99. The molecule has 0 spiro atoms. The van der Waals surface area contributed by atoms with E-state index in [4.69, 9.17) is 0 Å². The summed E-state index contributed by atoms with van der Waals surface area (Å²) in [5, 5.41) is 9.31. The molecule has 0 saturated carbocycles. The molecule has 6 heteroatoms. The van der Waals surface area contributed by atoms with Gasteiger partial charge >= 0.3 is 0 Å². The van der Waals surface area contributed by atoms with Crippen LogP contribution in [0.15, 0.2) is 35.5 Å². The first kappa shape index (κ1) is 16.5. The van der Waals surface area contributed by atoms with Crippen LogP contribution >= 0.6 is 11.8 Å². The van der Waals surface area contributed by atoms with Crippen LogP contribution < -0.4 is 0 Å². The van der Waals surface area contributed by atoms with Crippen molar-refractivity contribution >= 4 is 17.7 Å². The fourth-order valence-corrected chi connectivity index (χ4v) is 3.08. The first-order valence-electron chi connectivity index (χ1n) is 7.52. The molecular weight excluding hydrogens is 296 g/mol. The van der Waals surface area contributed by atoms with Crippen LogP contribution in [-0.2, 0) is 11.8 Å². The van der Waals surface area contributed by atoms with Gasteiger partial charge in [0.15, 0.2) is 11.0 Å². The van der Waals surface area contributed by atoms with E-state index in [1.165, 1.54) is 0 Å². The number of benzene rings is 1. The third-order valence-corrected chi connectivity index (χ3v) is 4.55. The van der Waals surface area contributed by atoms with Crippen LogP contribution in [0.3, 0.4) is 0 Å². The lowest BCUT2D eigenvalue weighted by Gasteiger charge is -2.18. The van der Waals surface area contributed by atoms with Crippen molar-refractivity contribution in [2.75, 3.05) is 18.8 Å². The second kappa shape index (κ2) is 7.98. The molecule has 0 aliphatic heterocycles. The molecule has 2 aromatic rings. The number of thioether (sulfide) groups is 1. The minimum atomic E-state index is 0.197. The number of hydrogen-bond donors (Lipinski definition) is 0. The van der Waals surface area contributed by atoms with E-state index in [0.29, 0.717) is 6.42 Å². The molecule has 0 aliphatic rings. The minimum absolute atomic E-state index is 0.197. The van der Waals surface area contributed by atoms with Crippen molar-refractivity contribution in [1.82, 2.24) is 19.7 Å². The normalized spacial score (nSPS) is 10.7. The second-order valence-corrected chi connectivity index (χ2v) is 5.96. The van der Waals surface area contributed by atoms with Crippen molar-refractivity contribution in [3.63, 3.8) is 0 Å². The Morgan fingerprint density at radius 3 is 2.50 bits per heavy atom. The molecule has 0 bridgehead atoms. The zero-order chi connectivity index (χ0) is 15.9. The molecule has 1 amide bonds. The predicted octanol–water partition coefficient (Wildman–Crippen LogP) is 2.83. The molecule has 0 radical (unpaired) electrons. The lowest BCUT2D eigenvalue weighted by molar-refractivity contribution is -0.130. The summed E-state index contributed by atoms with van der Waals surface area (Å²) in [6, 6.07) is 9.98. The lowest BCUT2D eigenvalue weighted by atomic mass is 10.2. The molecule has 118 valence electrons. The van der Waals surface area contributed by atoms with Crippen molar-refractivity contribution in [2.45, 2.75) is 25.4 Å². The van der Waals surface area contributed by atoms with Crippen LogP contribution in [0, 0.1) is 0 Å². The van der Waals surface area contributed by atoms with Crippen LogP contribution in [0.25, 0.3) is 11.4 Å². The number of hydrogen-bond acceptors (Lipinski definition) is 4. The number of rotatable bonds is 7. The highest BCUT2D eigenvalue weighted by Gasteiger charge is 2.13. The second-order valence-electron chi connectivity index (χ2n) is 4.90. The molecule has 0 unspecified atom stereocenters. The van der Waals surface area contributed by atoms with Crippen molar-refractivity contribution in [3.8, 4) is 11.4 Å². The summed E-state index contributed by atoms with van der Waals surface area (Å²) in [6.07, 6.45) is 0.528. The summed E-state index contributed by atoms with van der Waals surface area (Å²) >= 11 is 1.57. The molecule has 0 aliphatic carbocycles. The maximum atomic E-state index is 12.0. The van der Waals surface area contributed by atoms with E-state index in [1.807, 2.05) is 60.7 Å². The number of nitrogens with zero attached hydrogens (tertiary/aromatic N) is 4. The first-order chi connectivity index (χ1) is 10.7. The third kappa shape index (κ3) is 3.88. The van der Waals surface area contributed by atoms with Crippen LogP contribution in [0.2, 0.25) is 0 Å². The summed E-state index contributed by atoms with van der Waals surface area (Å²) in [4.78, 5) is 13.8. The smallest absolute Gasteiger partial charge is 0.223 e. The molecule has 1 aromatic carbocycles. The zero-order valence-corrected chi connectivity index (χ0v) is 14.1. The van der Waals surface area contributed by atoms with Gasteiger partial charge in [-0.2, -0.15) is 0 Å². The monoisotopic (exact) mass is 318 g/mol. The van der Waals surface area contributed by atoms with Gasteiger partial charge in [-0.15, -0.1) is 10.2 Å². The van der Waals surface area contributed by atoms with E-state index in [-0.39, 0.29) is 5.91 Å². The quantitative estimate of drug-likeness (QED) is 0.737. The Hall–Kier alpha value is -1.82.